The van der Waals surface area contributed by atoms with Gasteiger partial charge in [0.15, 0.2) is 0 Å². The van der Waals surface area contributed by atoms with Gasteiger partial charge in [0.25, 0.3) is 5.91 Å². The molecule has 0 bridgehead atoms. The molecular formula is C33H40FN7O2. The van der Waals surface area contributed by atoms with E-state index in [1.165, 1.54) is 18.2 Å². The van der Waals surface area contributed by atoms with E-state index in [0.29, 0.717) is 22.9 Å². The number of hydrogen-bond donors (Lipinski definition) is 2. The van der Waals surface area contributed by atoms with Gasteiger partial charge in [0.1, 0.15) is 11.6 Å². The summed E-state index contributed by atoms with van der Waals surface area (Å²) >= 11 is 0. The molecule has 226 valence electrons. The number of nitrogens with one attached hydrogen (secondary N) is 2. The van der Waals surface area contributed by atoms with E-state index in [0.717, 1.165) is 30.8 Å². The quantitative estimate of drug-likeness (QED) is 0.207. The molecule has 0 radical (unpaired) electrons. The number of amides is 1. The lowest BCUT2D eigenvalue weighted by molar-refractivity contribution is 0.102. The van der Waals surface area contributed by atoms with E-state index < -0.39 is 11.7 Å². The van der Waals surface area contributed by atoms with Gasteiger partial charge in [-0.05, 0) is 86.6 Å². The number of halogens is 1. The molecule has 0 fully saturated rings. The van der Waals surface area contributed by atoms with Crippen LogP contribution in [0.2, 0.25) is 0 Å². The highest BCUT2D eigenvalue weighted by Crippen LogP contribution is 2.34. The maximum absolute atomic E-state index is 15.1. The summed E-state index contributed by atoms with van der Waals surface area (Å²) in [4.78, 5) is 30.8. The van der Waals surface area contributed by atoms with Crippen molar-refractivity contribution >= 4 is 23.2 Å². The van der Waals surface area contributed by atoms with Gasteiger partial charge in [0.2, 0.25) is 11.8 Å². The number of aromatic nitrogens is 3. The minimum atomic E-state index is -0.659. The molecule has 4 aromatic rings. The number of nitrogens with zero attached hydrogens (tertiary/aromatic N) is 5. The number of hydrogen-bond acceptors (Lipinski definition) is 8. The second-order valence-electron chi connectivity index (χ2n) is 11.6. The Bertz CT molecular complexity index is 1570. The second-order valence-corrected chi connectivity index (χ2v) is 11.6. The molecule has 0 aliphatic carbocycles. The van der Waals surface area contributed by atoms with Crippen molar-refractivity contribution in [1.29, 1.82) is 0 Å². The maximum atomic E-state index is 15.1. The summed E-state index contributed by atoms with van der Waals surface area (Å²) in [6.45, 7) is 8.07. The highest BCUT2D eigenvalue weighted by molar-refractivity contribution is 6.06. The smallest absolute Gasteiger partial charge is 0.258 e. The summed E-state index contributed by atoms with van der Waals surface area (Å²) in [6, 6.07) is 15.5. The van der Waals surface area contributed by atoms with Crippen LogP contribution < -0.4 is 20.3 Å². The molecule has 43 heavy (non-hydrogen) atoms. The third-order valence-electron chi connectivity index (χ3n) is 6.94. The molecule has 2 aromatic carbocycles. The molecule has 1 amide bonds. The summed E-state index contributed by atoms with van der Waals surface area (Å²) in [5.41, 5.74) is 3.47. The topological polar surface area (TPSA) is 95.5 Å². The molecular weight excluding hydrogens is 545 g/mol. The van der Waals surface area contributed by atoms with Crippen LogP contribution in [0.5, 0.6) is 11.6 Å². The van der Waals surface area contributed by atoms with Gasteiger partial charge < -0.3 is 25.2 Å². The Kier molecular flexibility index (Phi) is 9.92. The minimum absolute atomic E-state index is 0.140. The molecule has 2 aromatic heterocycles. The summed E-state index contributed by atoms with van der Waals surface area (Å²) in [6.07, 6.45) is 4.18. The van der Waals surface area contributed by atoms with E-state index in [4.69, 9.17) is 4.74 Å². The van der Waals surface area contributed by atoms with Crippen molar-refractivity contribution in [1.82, 2.24) is 19.9 Å². The predicted octanol–water partition coefficient (Wildman–Crippen LogP) is 6.45. The van der Waals surface area contributed by atoms with Crippen LogP contribution in [0.1, 0.15) is 43.1 Å². The average molecular weight is 586 g/mol. The normalized spacial score (nSPS) is 11.4. The molecule has 0 atom stereocenters. The highest BCUT2D eigenvalue weighted by atomic mass is 19.1. The van der Waals surface area contributed by atoms with Crippen LogP contribution in [-0.4, -0.2) is 67.0 Å². The third kappa shape index (κ3) is 8.04. The van der Waals surface area contributed by atoms with Crippen LogP contribution in [0, 0.1) is 5.82 Å². The van der Waals surface area contributed by atoms with Crippen molar-refractivity contribution in [2.75, 3.05) is 56.8 Å². The molecule has 2 N–H and O–H groups in total. The zero-order valence-electron chi connectivity index (χ0n) is 25.9. The van der Waals surface area contributed by atoms with E-state index >= 15 is 4.39 Å². The molecule has 0 aliphatic heterocycles. The van der Waals surface area contributed by atoms with Crippen molar-refractivity contribution in [3.8, 4) is 22.9 Å². The Morgan fingerprint density at radius 1 is 0.977 bits per heavy atom. The summed E-state index contributed by atoms with van der Waals surface area (Å²) in [7, 11) is 7.81. The number of benzene rings is 2. The van der Waals surface area contributed by atoms with Gasteiger partial charge in [-0.2, -0.15) is 0 Å². The van der Waals surface area contributed by atoms with Gasteiger partial charge in [-0.3, -0.25) is 4.79 Å². The lowest BCUT2D eigenvalue weighted by Crippen LogP contribution is -2.25. The molecule has 9 nitrogen and oxygen atoms in total. The van der Waals surface area contributed by atoms with Crippen LogP contribution in [0.25, 0.3) is 11.3 Å². The van der Waals surface area contributed by atoms with Crippen molar-refractivity contribution < 1.29 is 13.9 Å². The number of ether oxygens (including phenoxy) is 1. The second kappa shape index (κ2) is 13.6. The lowest BCUT2D eigenvalue weighted by Gasteiger charge is -2.26. The van der Waals surface area contributed by atoms with E-state index in [1.54, 1.807) is 31.6 Å². The van der Waals surface area contributed by atoms with Crippen LogP contribution in [0.4, 0.5) is 21.7 Å². The zero-order chi connectivity index (χ0) is 31.1. The number of anilines is 3. The Labute approximate surface area is 253 Å². The Morgan fingerprint density at radius 3 is 2.49 bits per heavy atom. The molecule has 10 heteroatoms. The first-order valence-corrected chi connectivity index (χ1v) is 14.2. The van der Waals surface area contributed by atoms with Crippen molar-refractivity contribution in [2.45, 2.75) is 32.6 Å². The first-order valence-electron chi connectivity index (χ1n) is 14.2. The molecule has 0 aliphatic rings. The Balaban J connectivity index is 1.62. The van der Waals surface area contributed by atoms with Gasteiger partial charge >= 0.3 is 0 Å². The first-order chi connectivity index (χ1) is 20.5. The SMILES string of the molecule is CNc1nccc(-c2cccnc2Oc2ccc(F)c(C(=O)Nc3cc(C(C)(C)C)ccc3N(C)CCCN(C)C)c2)n1. The molecule has 0 saturated carbocycles. The summed E-state index contributed by atoms with van der Waals surface area (Å²) in [5, 5.41) is 5.89. The van der Waals surface area contributed by atoms with Gasteiger partial charge in [-0.15, -0.1) is 0 Å². The van der Waals surface area contributed by atoms with E-state index in [2.05, 4.69) is 62.2 Å². The van der Waals surface area contributed by atoms with Crippen molar-refractivity contribution in [3.63, 3.8) is 0 Å². The van der Waals surface area contributed by atoms with Gasteiger partial charge in [0.05, 0.1) is 28.2 Å². The fourth-order valence-corrected chi connectivity index (χ4v) is 4.52. The Morgan fingerprint density at radius 2 is 1.77 bits per heavy atom. The van der Waals surface area contributed by atoms with Crippen molar-refractivity contribution in [3.05, 3.63) is 83.9 Å². The largest absolute Gasteiger partial charge is 0.438 e. The van der Waals surface area contributed by atoms with Crippen LogP contribution in [-0.2, 0) is 5.41 Å². The lowest BCUT2D eigenvalue weighted by atomic mass is 9.86. The first kappa shape index (κ1) is 31.4. The third-order valence-corrected chi connectivity index (χ3v) is 6.94. The van der Waals surface area contributed by atoms with E-state index in [-0.39, 0.29) is 22.6 Å². The molecule has 0 spiro atoms. The highest BCUT2D eigenvalue weighted by Gasteiger charge is 2.21. The monoisotopic (exact) mass is 585 g/mol. The molecule has 0 saturated heterocycles. The summed E-state index contributed by atoms with van der Waals surface area (Å²) in [5.74, 6) is -0.257. The van der Waals surface area contributed by atoms with Gasteiger partial charge in [-0.1, -0.05) is 26.8 Å². The Hall–Kier alpha value is -4.57. The van der Waals surface area contributed by atoms with Gasteiger partial charge in [0, 0.05) is 33.0 Å². The zero-order valence-corrected chi connectivity index (χ0v) is 25.9. The van der Waals surface area contributed by atoms with Crippen LogP contribution in [0.15, 0.2) is 67.0 Å². The number of carbonyl (C=O) groups excluding carboxylic acids is 1. The summed E-state index contributed by atoms with van der Waals surface area (Å²) < 4.78 is 21.2. The fourth-order valence-electron chi connectivity index (χ4n) is 4.52. The number of rotatable bonds is 11. The maximum Gasteiger partial charge on any atom is 0.258 e. The van der Waals surface area contributed by atoms with E-state index in [1.807, 2.05) is 39.3 Å². The molecule has 4 rings (SSSR count). The van der Waals surface area contributed by atoms with Crippen LogP contribution in [0.3, 0.4) is 0 Å². The minimum Gasteiger partial charge on any atom is -0.438 e. The van der Waals surface area contributed by atoms with Crippen LogP contribution >= 0.6 is 0 Å². The number of pyridine rings is 1. The number of carbonyl (C=O) groups is 1. The molecule has 0 unspecified atom stereocenters. The fraction of sp³-hybridized carbons (Fsp3) is 0.333. The van der Waals surface area contributed by atoms with Crippen molar-refractivity contribution in [2.24, 2.45) is 0 Å². The van der Waals surface area contributed by atoms with E-state index in [9.17, 15) is 4.79 Å². The van der Waals surface area contributed by atoms with Gasteiger partial charge in [-0.25, -0.2) is 19.3 Å². The molecule has 2 heterocycles. The predicted molar refractivity (Wildman–Crippen MR) is 171 cm³/mol. The average Bonchev–Trinajstić information content (AvgIpc) is 2.97. The standard InChI is InChI=1S/C33H40FN7O2/c1-33(2,3)22-11-14-29(41(7)19-9-18-40(5)6)28(20-22)38-30(42)25-21-23(12-13-26(25)34)43-31-24(10-8-16-36-31)27-15-17-37-32(35-4)39-27/h8,10-17,20-21H,9,18-19H2,1-7H3,(H,38,42)(H,35,37,39).